The molecule has 11 heteroatoms. The normalized spacial score (nSPS) is 13.7. The molecule has 0 unspecified atom stereocenters. The highest BCUT2D eigenvalue weighted by Gasteiger charge is 2.17. The molecular weight excluding hydrogens is 461 g/mol. The van der Waals surface area contributed by atoms with E-state index < -0.39 is 5.82 Å². The Labute approximate surface area is 207 Å². The van der Waals surface area contributed by atoms with Gasteiger partial charge in [0.25, 0.3) is 0 Å². The number of nitrogens with one attached hydrogen (secondary N) is 2. The summed E-state index contributed by atoms with van der Waals surface area (Å²) in [5.41, 5.74) is 7.80. The van der Waals surface area contributed by atoms with E-state index in [1.807, 2.05) is 48.2 Å². The van der Waals surface area contributed by atoms with E-state index in [1.165, 1.54) is 0 Å². The van der Waals surface area contributed by atoms with Crippen LogP contribution in [0, 0.1) is 12.7 Å². The molecule has 182 valence electrons. The van der Waals surface area contributed by atoms with E-state index in [1.54, 1.807) is 24.8 Å². The number of ether oxygens (including phenoxy) is 1. The third-order valence-electron chi connectivity index (χ3n) is 5.49. The number of aromatic nitrogens is 5. The number of anilines is 4. The molecule has 5 rings (SSSR count). The van der Waals surface area contributed by atoms with Gasteiger partial charge in [-0.15, -0.1) is 0 Å². The van der Waals surface area contributed by atoms with Gasteiger partial charge in [0.1, 0.15) is 0 Å². The van der Waals surface area contributed by atoms with Crippen LogP contribution >= 0.6 is 0 Å². The van der Waals surface area contributed by atoms with Crippen molar-refractivity contribution in [2.24, 2.45) is 5.10 Å². The molecule has 2 N–H and O–H groups in total. The quantitative estimate of drug-likeness (QED) is 0.298. The van der Waals surface area contributed by atoms with Crippen molar-refractivity contribution in [3.05, 3.63) is 78.4 Å². The van der Waals surface area contributed by atoms with Crippen LogP contribution in [0.3, 0.4) is 0 Å². The number of rotatable bonds is 7. The molecule has 1 aliphatic rings. The largest absolute Gasteiger partial charge is 0.378 e. The standard InChI is InChI=1S/C25H24FN9O/c1-17-23(28-8-7-27-17)18-3-2-4-19(13-18)32-21-6-5-20(29-14-21)15-31-34-25-30-16-22(26)24(33-25)35-9-11-36-12-10-35/h2-8,13-16,32H,9-12H2,1H3,(H,30,33,34)/b31-15+. The molecule has 4 heterocycles. The second-order valence-corrected chi connectivity index (χ2v) is 8.00. The summed E-state index contributed by atoms with van der Waals surface area (Å²) in [4.78, 5) is 23.2. The highest BCUT2D eigenvalue weighted by Crippen LogP contribution is 2.24. The number of pyridine rings is 1. The summed E-state index contributed by atoms with van der Waals surface area (Å²) in [5, 5.41) is 7.48. The fourth-order valence-electron chi connectivity index (χ4n) is 3.72. The Kier molecular flexibility index (Phi) is 6.99. The SMILES string of the molecule is Cc1nccnc1-c1cccc(Nc2ccc(/C=N/Nc3ncc(F)c(N4CCOCC4)n3)nc2)c1. The summed E-state index contributed by atoms with van der Waals surface area (Å²) in [6.45, 7) is 4.16. The summed E-state index contributed by atoms with van der Waals surface area (Å²) >= 11 is 0. The average molecular weight is 486 g/mol. The van der Waals surface area contributed by atoms with E-state index in [-0.39, 0.29) is 11.8 Å². The minimum Gasteiger partial charge on any atom is -0.378 e. The van der Waals surface area contributed by atoms with Crippen molar-refractivity contribution in [2.45, 2.75) is 6.92 Å². The van der Waals surface area contributed by atoms with Crippen molar-refractivity contribution in [3.8, 4) is 11.3 Å². The fraction of sp³-hybridized carbons (Fsp3) is 0.200. The Morgan fingerprint density at radius 2 is 1.86 bits per heavy atom. The fourth-order valence-corrected chi connectivity index (χ4v) is 3.72. The van der Waals surface area contributed by atoms with Gasteiger partial charge >= 0.3 is 0 Å². The van der Waals surface area contributed by atoms with Crippen LogP contribution in [0.15, 0.2) is 66.3 Å². The molecule has 0 spiro atoms. The number of hydrazone groups is 1. The summed E-state index contributed by atoms with van der Waals surface area (Å²) in [5.74, 6) is -0.0442. The van der Waals surface area contributed by atoms with Gasteiger partial charge < -0.3 is 15.0 Å². The lowest BCUT2D eigenvalue weighted by molar-refractivity contribution is 0.122. The first-order valence-corrected chi connectivity index (χ1v) is 11.4. The molecule has 4 aromatic rings. The Hall–Kier alpha value is -4.51. The van der Waals surface area contributed by atoms with Gasteiger partial charge in [-0.1, -0.05) is 12.1 Å². The number of aryl methyl sites for hydroxylation is 1. The molecule has 0 saturated carbocycles. The highest BCUT2D eigenvalue weighted by molar-refractivity contribution is 5.78. The van der Waals surface area contributed by atoms with Crippen LogP contribution in [0.2, 0.25) is 0 Å². The number of hydrogen-bond donors (Lipinski definition) is 2. The van der Waals surface area contributed by atoms with Crippen LogP contribution in [0.25, 0.3) is 11.3 Å². The lowest BCUT2D eigenvalue weighted by Crippen LogP contribution is -2.37. The van der Waals surface area contributed by atoms with Gasteiger partial charge in [0, 0.05) is 36.7 Å². The third-order valence-corrected chi connectivity index (χ3v) is 5.49. The molecule has 1 aromatic carbocycles. The van der Waals surface area contributed by atoms with E-state index in [9.17, 15) is 4.39 Å². The van der Waals surface area contributed by atoms with Gasteiger partial charge in [-0.05, 0) is 31.2 Å². The van der Waals surface area contributed by atoms with Crippen molar-refractivity contribution in [3.63, 3.8) is 0 Å². The Morgan fingerprint density at radius 3 is 2.67 bits per heavy atom. The third kappa shape index (κ3) is 5.58. The van der Waals surface area contributed by atoms with Crippen molar-refractivity contribution in [1.29, 1.82) is 0 Å². The van der Waals surface area contributed by atoms with E-state index in [0.29, 0.717) is 32.0 Å². The molecule has 0 aliphatic carbocycles. The predicted molar refractivity (Wildman–Crippen MR) is 136 cm³/mol. The Balaban J connectivity index is 1.21. The van der Waals surface area contributed by atoms with Crippen molar-refractivity contribution < 1.29 is 9.13 Å². The first-order chi connectivity index (χ1) is 17.7. The monoisotopic (exact) mass is 485 g/mol. The zero-order chi connectivity index (χ0) is 24.7. The molecule has 0 radical (unpaired) electrons. The molecule has 0 atom stereocenters. The molecule has 3 aromatic heterocycles. The van der Waals surface area contributed by atoms with Crippen LogP contribution in [0.5, 0.6) is 0 Å². The predicted octanol–water partition coefficient (Wildman–Crippen LogP) is 3.80. The van der Waals surface area contributed by atoms with Gasteiger partial charge in [-0.2, -0.15) is 10.1 Å². The molecule has 10 nitrogen and oxygen atoms in total. The Morgan fingerprint density at radius 1 is 1.00 bits per heavy atom. The minimum absolute atomic E-state index is 0.200. The van der Waals surface area contributed by atoms with Gasteiger partial charge in [0.15, 0.2) is 11.6 Å². The second kappa shape index (κ2) is 10.8. The molecule has 1 fully saturated rings. The van der Waals surface area contributed by atoms with Crippen LogP contribution < -0.4 is 15.6 Å². The number of halogens is 1. The van der Waals surface area contributed by atoms with Crippen LogP contribution in [0.4, 0.5) is 27.5 Å². The Bertz CT molecular complexity index is 1360. The minimum atomic E-state index is -0.478. The lowest BCUT2D eigenvalue weighted by Gasteiger charge is -2.27. The number of benzene rings is 1. The maximum Gasteiger partial charge on any atom is 0.245 e. The molecule has 0 amide bonds. The van der Waals surface area contributed by atoms with Crippen molar-refractivity contribution in [2.75, 3.05) is 41.9 Å². The molecular formula is C25H24FN9O. The van der Waals surface area contributed by atoms with Crippen LogP contribution in [-0.4, -0.2) is 57.4 Å². The van der Waals surface area contributed by atoms with Gasteiger partial charge in [0.2, 0.25) is 5.95 Å². The molecule has 36 heavy (non-hydrogen) atoms. The number of morpholine rings is 1. The van der Waals surface area contributed by atoms with E-state index in [4.69, 9.17) is 4.74 Å². The summed E-state index contributed by atoms with van der Waals surface area (Å²) in [6.07, 6.45) is 7.76. The van der Waals surface area contributed by atoms with E-state index >= 15 is 0 Å². The van der Waals surface area contributed by atoms with Gasteiger partial charge in [-0.25, -0.2) is 14.8 Å². The number of nitrogens with zero attached hydrogens (tertiary/aromatic N) is 7. The van der Waals surface area contributed by atoms with Gasteiger partial charge in [-0.3, -0.25) is 15.0 Å². The zero-order valence-electron chi connectivity index (χ0n) is 19.6. The first-order valence-electron chi connectivity index (χ1n) is 11.4. The zero-order valence-corrected chi connectivity index (χ0v) is 19.6. The van der Waals surface area contributed by atoms with Crippen molar-refractivity contribution >= 4 is 29.4 Å². The maximum absolute atomic E-state index is 14.2. The van der Waals surface area contributed by atoms with Crippen LogP contribution in [0.1, 0.15) is 11.4 Å². The van der Waals surface area contributed by atoms with Gasteiger partial charge in [0.05, 0.1) is 54.6 Å². The van der Waals surface area contributed by atoms with Crippen LogP contribution in [-0.2, 0) is 4.74 Å². The number of hydrogen-bond acceptors (Lipinski definition) is 10. The summed E-state index contributed by atoms with van der Waals surface area (Å²) in [7, 11) is 0. The lowest BCUT2D eigenvalue weighted by atomic mass is 10.1. The smallest absolute Gasteiger partial charge is 0.245 e. The summed E-state index contributed by atoms with van der Waals surface area (Å²) < 4.78 is 19.5. The van der Waals surface area contributed by atoms with E-state index in [0.717, 1.165) is 34.5 Å². The first kappa shape index (κ1) is 23.2. The van der Waals surface area contributed by atoms with E-state index in [2.05, 4.69) is 40.8 Å². The topological polar surface area (TPSA) is 113 Å². The van der Waals surface area contributed by atoms with Crippen molar-refractivity contribution in [1.82, 2.24) is 24.9 Å². The maximum atomic E-state index is 14.2. The summed E-state index contributed by atoms with van der Waals surface area (Å²) in [6, 6.07) is 11.7. The average Bonchev–Trinajstić information content (AvgIpc) is 2.91. The highest BCUT2D eigenvalue weighted by atomic mass is 19.1. The second-order valence-electron chi connectivity index (χ2n) is 8.00. The molecule has 0 bridgehead atoms. The molecule has 1 saturated heterocycles. The molecule has 1 aliphatic heterocycles.